The molecule has 1 saturated heterocycles. The van der Waals surface area contributed by atoms with E-state index in [2.05, 4.69) is 0 Å². The van der Waals surface area contributed by atoms with Gasteiger partial charge in [0.25, 0.3) is 0 Å². The standard InChI is InChI=1S/C18H25NO7S/c1-12(18(21)26-4)19(14-7-8-27(22,23)11-14)17(20)10-13-5-6-15(24-2)16(9-13)25-3/h5-6,9,12,14H,7-8,10-11H2,1-4H3/t12-,14-/m1/s1. The van der Waals surface area contributed by atoms with E-state index in [1.165, 1.54) is 26.2 Å². The highest BCUT2D eigenvalue weighted by atomic mass is 32.2. The highest BCUT2D eigenvalue weighted by Gasteiger charge is 2.39. The Morgan fingerprint density at radius 2 is 1.85 bits per heavy atom. The molecule has 1 aliphatic rings. The lowest BCUT2D eigenvalue weighted by atomic mass is 10.1. The third kappa shape index (κ3) is 4.91. The Balaban J connectivity index is 2.27. The van der Waals surface area contributed by atoms with Gasteiger partial charge in [0, 0.05) is 6.04 Å². The van der Waals surface area contributed by atoms with Crippen molar-refractivity contribution in [1.29, 1.82) is 0 Å². The maximum atomic E-state index is 13.0. The number of hydrogen-bond donors (Lipinski definition) is 0. The lowest BCUT2D eigenvalue weighted by Crippen LogP contribution is -2.50. The number of methoxy groups -OCH3 is 3. The Bertz CT molecular complexity index is 806. The van der Waals surface area contributed by atoms with E-state index in [0.717, 1.165) is 0 Å². The fourth-order valence-electron chi connectivity index (χ4n) is 3.27. The first-order valence-corrected chi connectivity index (χ1v) is 10.3. The topological polar surface area (TPSA) is 99.2 Å². The van der Waals surface area contributed by atoms with Gasteiger partial charge < -0.3 is 19.1 Å². The molecule has 8 nitrogen and oxygen atoms in total. The number of sulfone groups is 1. The molecule has 1 aromatic carbocycles. The molecule has 0 aliphatic carbocycles. The molecule has 1 heterocycles. The van der Waals surface area contributed by atoms with Gasteiger partial charge in [-0.25, -0.2) is 13.2 Å². The van der Waals surface area contributed by atoms with Gasteiger partial charge in [0.05, 0.1) is 39.3 Å². The van der Waals surface area contributed by atoms with Gasteiger partial charge in [-0.2, -0.15) is 0 Å². The molecule has 0 spiro atoms. The quantitative estimate of drug-likeness (QED) is 0.626. The maximum Gasteiger partial charge on any atom is 0.328 e. The number of amides is 1. The van der Waals surface area contributed by atoms with Crippen molar-refractivity contribution in [3.63, 3.8) is 0 Å². The van der Waals surface area contributed by atoms with Crippen LogP contribution in [-0.2, 0) is 30.6 Å². The van der Waals surface area contributed by atoms with Gasteiger partial charge >= 0.3 is 5.97 Å². The SMILES string of the molecule is COC(=O)[C@@H](C)N(C(=O)Cc1ccc(OC)c(OC)c1)[C@@H]1CCS(=O)(=O)C1. The van der Waals surface area contributed by atoms with Gasteiger partial charge in [-0.15, -0.1) is 0 Å². The molecular weight excluding hydrogens is 374 g/mol. The number of esters is 1. The Morgan fingerprint density at radius 1 is 1.19 bits per heavy atom. The summed E-state index contributed by atoms with van der Waals surface area (Å²) in [7, 11) is 1.04. The molecular formula is C18H25NO7S. The van der Waals surface area contributed by atoms with Crippen LogP contribution in [0, 0.1) is 0 Å². The Hall–Kier alpha value is -2.29. The predicted molar refractivity (Wildman–Crippen MR) is 98.6 cm³/mol. The molecule has 0 bridgehead atoms. The van der Waals surface area contributed by atoms with E-state index >= 15 is 0 Å². The average Bonchev–Trinajstić information content (AvgIpc) is 3.00. The summed E-state index contributed by atoms with van der Waals surface area (Å²) in [5.74, 6) is -0.0473. The number of benzene rings is 1. The minimum atomic E-state index is -3.22. The van der Waals surface area contributed by atoms with Crippen molar-refractivity contribution in [3.05, 3.63) is 23.8 Å². The van der Waals surface area contributed by atoms with E-state index in [0.29, 0.717) is 23.5 Å². The normalized spacial score (nSPS) is 19.2. The zero-order valence-corrected chi connectivity index (χ0v) is 16.7. The lowest BCUT2D eigenvalue weighted by Gasteiger charge is -2.32. The second kappa shape index (κ2) is 8.60. The second-order valence-corrected chi connectivity index (χ2v) is 8.65. The molecule has 0 N–H and O–H groups in total. The predicted octanol–water partition coefficient (Wildman–Crippen LogP) is 0.823. The van der Waals surface area contributed by atoms with Crippen LogP contribution in [-0.4, -0.2) is 70.1 Å². The van der Waals surface area contributed by atoms with Crippen molar-refractivity contribution >= 4 is 21.7 Å². The molecule has 27 heavy (non-hydrogen) atoms. The molecule has 9 heteroatoms. The summed E-state index contributed by atoms with van der Waals surface area (Å²) in [5.41, 5.74) is 0.667. The Labute approximate surface area is 159 Å². The first-order chi connectivity index (χ1) is 12.7. The minimum absolute atomic E-state index is 0.00175. The first kappa shape index (κ1) is 21.0. The highest BCUT2D eigenvalue weighted by molar-refractivity contribution is 7.91. The van der Waals surface area contributed by atoms with Crippen LogP contribution >= 0.6 is 0 Å². The number of nitrogens with zero attached hydrogens (tertiary/aromatic N) is 1. The smallest absolute Gasteiger partial charge is 0.328 e. The number of carbonyl (C=O) groups excluding carboxylic acids is 2. The van der Waals surface area contributed by atoms with Gasteiger partial charge in [-0.05, 0) is 31.0 Å². The third-order valence-corrected chi connectivity index (χ3v) is 6.40. The van der Waals surface area contributed by atoms with Crippen LogP contribution in [0.3, 0.4) is 0 Å². The monoisotopic (exact) mass is 399 g/mol. The molecule has 0 saturated carbocycles. The molecule has 2 rings (SSSR count). The van der Waals surface area contributed by atoms with E-state index in [1.807, 2.05) is 0 Å². The summed E-state index contributed by atoms with van der Waals surface area (Å²) < 4.78 is 38.9. The number of carbonyl (C=O) groups is 2. The van der Waals surface area contributed by atoms with Crippen LogP contribution < -0.4 is 9.47 Å². The van der Waals surface area contributed by atoms with Gasteiger partial charge in [-0.1, -0.05) is 6.07 Å². The lowest BCUT2D eigenvalue weighted by molar-refractivity contribution is -0.153. The van der Waals surface area contributed by atoms with Crippen molar-refractivity contribution in [1.82, 2.24) is 4.90 Å². The summed E-state index contributed by atoms with van der Waals surface area (Å²) >= 11 is 0. The van der Waals surface area contributed by atoms with E-state index in [4.69, 9.17) is 14.2 Å². The Morgan fingerprint density at radius 3 is 2.37 bits per heavy atom. The summed E-state index contributed by atoms with van der Waals surface area (Å²) in [5, 5.41) is 0. The highest BCUT2D eigenvalue weighted by Crippen LogP contribution is 2.28. The third-order valence-electron chi connectivity index (χ3n) is 4.65. The number of rotatable bonds is 7. The number of hydrogen-bond acceptors (Lipinski definition) is 7. The second-order valence-electron chi connectivity index (χ2n) is 6.42. The van der Waals surface area contributed by atoms with E-state index in [-0.39, 0.29) is 23.8 Å². The molecule has 2 atom stereocenters. The summed E-state index contributed by atoms with van der Waals surface area (Å²) in [6.45, 7) is 1.54. The van der Waals surface area contributed by atoms with Gasteiger partial charge in [0.2, 0.25) is 5.91 Å². The van der Waals surface area contributed by atoms with Crippen LogP contribution in [0.1, 0.15) is 18.9 Å². The van der Waals surface area contributed by atoms with Gasteiger partial charge in [-0.3, -0.25) is 4.79 Å². The van der Waals surface area contributed by atoms with Crippen molar-refractivity contribution in [2.24, 2.45) is 0 Å². The van der Waals surface area contributed by atoms with Crippen LogP contribution in [0.2, 0.25) is 0 Å². The molecule has 1 fully saturated rings. The summed E-state index contributed by atoms with van der Waals surface area (Å²) in [6, 6.07) is 3.68. The average molecular weight is 399 g/mol. The summed E-state index contributed by atoms with van der Waals surface area (Å²) in [4.78, 5) is 26.3. The maximum absolute atomic E-state index is 13.0. The Kier molecular flexibility index (Phi) is 6.69. The van der Waals surface area contributed by atoms with Gasteiger partial charge in [0.15, 0.2) is 21.3 Å². The molecule has 0 unspecified atom stereocenters. The van der Waals surface area contributed by atoms with Gasteiger partial charge in [0.1, 0.15) is 6.04 Å². The zero-order valence-electron chi connectivity index (χ0n) is 15.9. The molecule has 0 aromatic heterocycles. The van der Waals surface area contributed by atoms with E-state index in [9.17, 15) is 18.0 Å². The van der Waals surface area contributed by atoms with Crippen molar-refractivity contribution in [3.8, 4) is 11.5 Å². The molecule has 1 amide bonds. The number of ether oxygens (including phenoxy) is 3. The zero-order chi connectivity index (χ0) is 20.2. The van der Waals surface area contributed by atoms with Crippen LogP contribution in [0.25, 0.3) is 0 Å². The van der Waals surface area contributed by atoms with Crippen molar-refractivity contribution < 1.29 is 32.2 Å². The van der Waals surface area contributed by atoms with E-state index in [1.54, 1.807) is 25.1 Å². The fourth-order valence-corrected chi connectivity index (χ4v) is 4.98. The molecule has 1 aromatic rings. The molecule has 1 aliphatic heterocycles. The summed E-state index contributed by atoms with van der Waals surface area (Å²) in [6.07, 6.45) is 0.305. The first-order valence-electron chi connectivity index (χ1n) is 8.52. The largest absolute Gasteiger partial charge is 0.493 e. The van der Waals surface area contributed by atoms with Crippen LogP contribution in [0.5, 0.6) is 11.5 Å². The molecule has 150 valence electrons. The minimum Gasteiger partial charge on any atom is -0.493 e. The van der Waals surface area contributed by atoms with Crippen LogP contribution in [0.15, 0.2) is 18.2 Å². The van der Waals surface area contributed by atoms with Crippen molar-refractivity contribution in [2.75, 3.05) is 32.8 Å². The fraction of sp³-hybridized carbons (Fsp3) is 0.556. The molecule has 0 radical (unpaired) electrons. The van der Waals surface area contributed by atoms with Crippen LogP contribution in [0.4, 0.5) is 0 Å². The van der Waals surface area contributed by atoms with E-state index < -0.39 is 27.9 Å². The van der Waals surface area contributed by atoms with Crippen molar-refractivity contribution in [2.45, 2.75) is 31.8 Å².